The van der Waals surface area contributed by atoms with Gasteiger partial charge in [-0.15, -0.1) is 5.10 Å². The van der Waals surface area contributed by atoms with E-state index < -0.39 is 0 Å². The van der Waals surface area contributed by atoms with Crippen LogP contribution in [0.5, 0.6) is 11.5 Å². The van der Waals surface area contributed by atoms with E-state index in [0.29, 0.717) is 23.7 Å². The van der Waals surface area contributed by atoms with Crippen LogP contribution in [0.2, 0.25) is 0 Å². The van der Waals surface area contributed by atoms with Gasteiger partial charge in [0.05, 0.1) is 12.1 Å². The molecule has 0 atom stereocenters. The van der Waals surface area contributed by atoms with Crippen molar-refractivity contribution in [3.05, 3.63) is 64.3 Å². The van der Waals surface area contributed by atoms with E-state index in [4.69, 9.17) is 9.47 Å². The van der Waals surface area contributed by atoms with E-state index in [1.807, 2.05) is 24.3 Å². The molecule has 7 heteroatoms. The topological polar surface area (TPSA) is 70.7 Å². The highest BCUT2D eigenvalue weighted by Crippen LogP contribution is 2.36. The average molecular weight is 348 g/mol. The standard InChI is InChI=1S/C19H16N4O3/c1-2-13-6-14-7-16-17(26-11-25-16)8-15(14)23-18(13)21-22(19(23)24)10-12-4-3-5-20-9-12/h3-9H,2,10-11H2,1H3. The van der Waals surface area contributed by atoms with Crippen LogP contribution in [0.1, 0.15) is 18.1 Å². The first kappa shape index (κ1) is 14.9. The number of nitrogens with zero attached hydrogens (tertiary/aromatic N) is 4. The van der Waals surface area contributed by atoms with Gasteiger partial charge in [-0.25, -0.2) is 13.9 Å². The summed E-state index contributed by atoms with van der Waals surface area (Å²) in [5, 5.41) is 5.52. The van der Waals surface area contributed by atoms with Gasteiger partial charge < -0.3 is 9.47 Å². The van der Waals surface area contributed by atoms with Gasteiger partial charge in [-0.2, -0.15) is 0 Å². The predicted octanol–water partition coefficient (Wildman–Crippen LogP) is 2.38. The summed E-state index contributed by atoms with van der Waals surface area (Å²) < 4.78 is 14.1. The molecule has 0 bridgehead atoms. The molecule has 0 aliphatic carbocycles. The molecular formula is C19H16N4O3. The summed E-state index contributed by atoms with van der Waals surface area (Å²) in [6.07, 6.45) is 4.23. The Hall–Kier alpha value is -3.35. The Bertz CT molecular complexity index is 1190. The molecule has 5 rings (SSSR count). The van der Waals surface area contributed by atoms with Crippen LogP contribution in [0, 0.1) is 0 Å². The lowest BCUT2D eigenvalue weighted by Gasteiger charge is -2.06. The predicted molar refractivity (Wildman–Crippen MR) is 95.8 cm³/mol. The number of rotatable bonds is 3. The first-order valence-corrected chi connectivity index (χ1v) is 8.48. The van der Waals surface area contributed by atoms with Crippen LogP contribution >= 0.6 is 0 Å². The summed E-state index contributed by atoms with van der Waals surface area (Å²) in [4.78, 5) is 17.2. The maximum absolute atomic E-state index is 13.1. The van der Waals surface area contributed by atoms with Crippen LogP contribution in [0.15, 0.2) is 47.5 Å². The summed E-state index contributed by atoms with van der Waals surface area (Å²) in [5.41, 5.74) is 3.20. The van der Waals surface area contributed by atoms with Gasteiger partial charge in [-0.1, -0.05) is 13.0 Å². The maximum atomic E-state index is 13.1. The first-order valence-electron chi connectivity index (χ1n) is 8.48. The van der Waals surface area contributed by atoms with Crippen LogP contribution in [0.3, 0.4) is 0 Å². The normalized spacial score (nSPS) is 13.0. The summed E-state index contributed by atoms with van der Waals surface area (Å²) in [7, 11) is 0. The number of pyridine rings is 2. The summed E-state index contributed by atoms with van der Waals surface area (Å²) >= 11 is 0. The molecule has 7 nitrogen and oxygen atoms in total. The van der Waals surface area contributed by atoms with Crippen molar-refractivity contribution in [2.45, 2.75) is 19.9 Å². The van der Waals surface area contributed by atoms with Crippen molar-refractivity contribution < 1.29 is 9.47 Å². The number of hydrogen-bond acceptors (Lipinski definition) is 5. The molecule has 4 aromatic rings. The second-order valence-corrected chi connectivity index (χ2v) is 6.25. The molecule has 1 aromatic carbocycles. The molecule has 4 heterocycles. The highest BCUT2D eigenvalue weighted by Gasteiger charge is 2.19. The van der Waals surface area contributed by atoms with Crippen LogP contribution in [0.25, 0.3) is 16.6 Å². The smallest absolute Gasteiger partial charge is 0.351 e. The Morgan fingerprint density at radius 1 is 1.19 bits per heavy atom. The fourth-order valence-corrected chi connectivity index (χ4v) is 3.37. The highest BCUT2D eigenvalue weighted by molar-refractivity contribution is 5.87. The SMILES string of the molecule is CCc1cc2cc3c(cc2n2c(=O)n(Cc4cccnc4)nc12)OCO3. The molecule has 1 aliphatic heterocycles. The Morgan fingerprint density at radius 3 is 2.81 bits per heavy atom. The molecule has 0 saturated heterocycles. The van der Waals surface area contributed by atoms with Gasteiger partial charge in [-0.3, -0.25) is 4.98 Å². The van der Waals surface area contributed by atoms with Crippen molar-refractivity contribution in [3.8, 4) is 11.5 Å². The van der Waals surface area contributed by atoms with Crippen molar-refractivity contribution in [1.82, 2.24) is 19.2 Å². The van der Waals surface area contributed by atoms with Gasteiger partial charge in [0.25, 0.3) is 0 Å². The van der Waals surface area contributed by atoms with E-state index >= 15 is 0 Å². The number of aryl methyl sites for hydroxylation is 1. The second-order valence-electron chi connectivity index (χ2n) is 6.25. The monoisotopic (exact) mass is 348 g/mol. The van der Waals surface area contributed by atoms with Crippen molar-refractivity contribution in [2.24, 2.45) is 0 Å². The summed E-state index contributed by atoms with van der Waals surface area (Å²) in [5.74, 6) is 1.35. The van der Waals surface area contributed by atoms with Crippen molar-refractivity contribution in [2.75, 3.05) is 6.79 Å². The molecule has 0 N–H and O–H groups in total. The first-order chi connectivity index (χ1) is 12.7. The average Bonchev–Trinajstić information content (AvgIpc) is 3.25. The van der Waals surface area contributed by atoms with E-state index in [-0.39, 0.29) is 12.5 Å². The molecule has 130 valence electrons. The summed E-state index contributed by atoms with van der Waals surface area (Å²) in [6, 6.07) is 9.61. The molecule has 0 unspecified atom stereocenters. The number of benzene rings is 1. The third-order valence-corrected chi connectivity index (χ3v) is 4.66. The maximum Gasteiger partial charge on any atom is 0.351 e. The third-order valence-electron chi connectivity index (χ3n) is 4.66. The van der Waals surface area contributed by atoms with E-state index in [9.17, 15) is 4.79 Å². The quantitative estimate of drug-likeness (QED) is 0.568. The molecule has 26 heavy (non-hydrogen) atoms. The van der Waals surface area contributed by atoms with E-state index in [2.05, 4.69) is 23.1 Å². The van der Waals surface area contributed by atoms with Gasteiger partial charge in [0.15, 0.2) is 17.1 Å². The third kappa shape index (κ3) is 2.17. The lowest BCUT2D eigenvalue weighted by Crippen LogP contribution is -2.22. The minimum absolute atomic E-state index is 0.178. The minimum Gasteiger partial charge on any atom is -0.454 e. The highest BCUT2D eigenvalue weighted by atomic mass is 16.7. The molecular weight excluding hydrogens is 332 g/mol. The van der Waals surface area contributed by atoms with Gasteiger partial charge >= 0.3 is 5.69 Å². The Balaban J connectivity index is 1.79. The largest absolute Gasteiger partial charge is 0.454 e. The zero-order valence-electron chi connectivity index (χ0n) is 14.2. The lowest BCUT2D eigenvalue weighted by molar-refractivity contribution is 0.174. The zero-order valence-corrected chi connectivity index (χ0v) is 14.2. The van der Waals surface area contributed by atoms with Gasteiger partial charge in [0, 0.05) is 23.8 Å². The van der Waals surface area contributed by atoms with Crippen LogP contribution in [0.4, 0.5) is 0 Å². The van der Waals surface area contributed by atoms with Gasteiger partial charge in [0.1, 0.15) is 0 Å². The Morgan fingerprint density at radius 2 is 2.04 bits per heavy atom. The van der Waals surface area contributed by atoms with Gasteiger partial charge in [0.2, 0.25) is 6.79 Å². The fourth-order valence-electron chi connectivity index (χ4n) is 3.37. The van der Waals surface area contributed by atoms with Gasteiger partial charge in [-0.05, 0) is 35.7 Å². The molecule has 0 amide bonds. The Labute approximate surface area is 148 Å². The number of fused-ring (bicyclic) bond motifs is 4. The minimum atomic E-state index is -0.178. The number of hydrogen-bond donors (Lipinski definition) is 0. The molecule has 1 aliphatic rings. The van der Waals surface area contributed by atoms with Crippen molar-refractivity contribution >= 4 is 16.6 Å². The molecule has 0 radical (unpaired) electrons. The Kier molecular flexibility index (Phi) is 3.21. The zero-order chi connectivity index (χ0) is 17.7. The van der Waals surface area contributed by atoms with E-state index in [0.717, 1.165) is 28.5 Å². The van der Waals surface area contributed by atoms with E-state index in [1.165, 1.54) is 4.68 Å². The molecule has 3 aromatic heterocycles. The number of ether oxygens (including phenoxy) is 2. The van der Waals surface area contributed by atoms with Crippen molar-refractivity contribution in [1.29, 1.82) is 0 Å². The summed E-state index contributed by atoms with van der Waals surface area (Å²) in [6.45, 7) is 2.63. The second kappa shape index (κ2) is 5.59. The van der Waals surface area contributed by atoms with Crippen molar-refractivity contribution in [3.63, 3.8) is 0 Å². The fraction of sp³-hybridized carbons (Fsp3) is 0.211. The molecule has 0 saturated carbocycles. The van der Waals surface area contributed by atoms with Crippen LogP contribution < -0.4 is 15.2 Å². The number of aromatic nitrogens is 4. The van der Waals surface area contributed by atoms with Crippen LogP contribution in [-0.4, -0.2) is 26.0 Å². The molecule has 0 spiro atoms. The van der Waals surface area contributed by atoms with Crippen LogP contribution in [-0.2, 0) is 13.0 Å². The molecule has 0 fully saturated rings. The lowest BCUT2D eigenvalue weighted by atomic mass is 10.1. The van der Waals surface area contributed by atoms with E-state index in [1.54, 1.807) is 16.8 Å².